The second kappa shape index (κ2) is 5.12. The molecule has 2 rings (SSSR count). The van der Waals surface area contributed by atoms with E-state index in [1.165, 1.54) is 23.5 Å². The summed E-state index contributed by atoms with van der Waals surface area (Å²) in [6.07, 6.45) is 1.70. The highest BCUT2D eigenvalue weighted by atomic mass is 79.9. The molecule has 84 valence electrons. The molecule has 0 aliphatic heterocycles. The number of nitrogens with one attached hydrogen (secondary N) is 1. The van der Waals surface area contributed by atoms with E-state index in [4.69, 9.17) is 11.6 Å². The zero-order valence-electron chi connectivity index (χ0n) is 8.01. The number of benzene rings is 1. The zero-order chi connectivity index (χ0) is 11.5. The van der Waals surface area contributed by atoms with Crippen molar-refractivity contribution in [3.05, 3.63) is 44.0 Å². The summed E-state index contributed by atoms with van der Waals surface area (Å²) in [6, 6.07) is 4.50. The van der Waals surface area contributed by atoms with Crippen LogP contribution in [0, 0.1) is 5.82 Å². The Labute approximate surface area is 110 Å². The number of hydrogen-bond acceptors (Lipinski definition) is 3. The molecule has 1 aromatic heterocycles. The lowest BCUT2D eigenvalue weighted by molar-refractivity contribution is 0.628. The lowest BCUT2D eigenvalue weighted by Crippen LogP contribution is -1.98. The predicted octanol–water partition coefficient (Wildman–Crippen LogP) is 4.31. The van der Waals surface area contributed by atoms with E-state index < -0.39 is 0 Å². The summed E-state index contributed by atoms with van der Waals surface area (Å²) in [6.45, 7) is 0.576. The van der Waals surface area contributed by atoms with Crippen LogP contribution in [0.3, 0.4) is 0 Å². The van der Waals surface area contributed by atoms with Crippen LogP contribution >= 0.6 is 38.9 Å². The third-order valence-electron chi connectivity index (χ3n) is 1.91. The van der Waals surface area contributed by atoms with Gasteiger partial charge in [0.15, 0.2) is 4.47 Å². The number of halogens is 3. The van der Waals surface area contributed by atoms with E-state index in [0.717, 1.165) is 9.35 Å². The zero-order valence-corrected chi connectivity index (χ0v) is 11.2. The Morgan fingerprint density at radius 3 is 3.00 bits per heavy atom. The van der Waals surface area contributed by atoms with E-state index in [-0.39, 0.29) is 5.82 Å². The Kier molecular flexibility index (Phi) is 3.78. The fourth-order valence-corrected chi connectivity index (χ4v) is 2.49. The highest BCUT2D eigenvalue weighted by Gasteiger charge is 2.03. The molecule has 0 radical (unpaired) electrons. The van der Waals surface area contributed by atoms with Gasteiger partial charge in [-0.05, 0) is 34.1 Å². The highest BCUT2D eigenvalue weighted by Crippen LogP contribution is 2.25. The van der Waals surface area contributed by atoms with Crippen molar-refractivity contribution >= 4 is 44.6 Å². The van der Waals surface area contributed by atoms with Crippen LogP contribution in [0.15, 0.2) is 28.9 Å². The summed E-state index contributed by atoms with van der Waals surface area (Å²) in [4.78, 5) is 4.93. The number of anilines is 1. The van der Waals surface area contributed by atoms with Gasteiger partial charge in [-0.25, -0.2) is 9.37 Å². The molecule has 0 amide bonds. The molecule has 0 atom stereocenters. The molecule has 0 aliphatic rings. The Bertz CT molecular complexity index is 503. The van der Waals surface area contributed by atoms with Crippen LogP contribution in [-0.4, -0.2) is 4.98 Å². The van der Waals surface area contributed by atoms with Crippen molar-refractivity contribution < 1.29 is 4.39 Å². The minimum absolute atomic E-state index is 0.270. The molecule has 16 heavy (non-hydrogen) atoms. The minimum Gasteiger partial charge on any atom is -0.379 e. The maximum absolute atomic E-state index is 13.0. The van der Waals surface area contributed by atoms with Crippen molar-refractivity contribution in [2.45, 2.75) is 6.54 Å². The molecule has 0 spiro atoms. The van der Waals surface area contributed by atoms with Crippen LogP contribution in [0.1, 0.15) is 4.88 Å². The molecule has 0 saturated carbocycles. The quantitative estimate of drug-likeness (QED) is 0.911. The van der Waals surface area contributed by atoms with Gasteiger partial charge in [0, 0.05) is 15.5 Å². The molecular formula is C10H7BrClFN2S. The van der Waals surface area contributed by atoms with Gasteiger partial charge >= 0.3 is 0 Å². The number of hydrogen-bond donors (Lipinski definition) is 1. The predicted molar refractivity (Wildman–Crippen MR) is 68.6 cm³/mol. The second-order valence-electron chi connectivity index (χ2n) is 3.06. The number of aromatic nitrogens is 1. The molecule has 0 aliphatic carbocycles. The lowest BCUT2D eigenvalue weighted by Gasteiger charge is -2.06. The summed E-state index contributed by atoms with van der Waals surface area (Å²) in [7, 11) is 0. The first-order chi connectivity index (χ1) is 7.65. The van der Waals surface area contributed by atoms with E-state index >= 15 is 0 Å². The number of thiazole rings is 1. The van der Waals surface area contributed by atoms with Gasteiger partial charge in [0.2, 0.25) is 0 Å². The summed E-state index contributed by atoms with van der Waals surface area (Å²) in [5.74, 6) is -0.270. The van der Waals surface area contributed by atoms with E-state index in [0.29, 0.717) is 16.7 Å². The van der Waals surface area contributed by atoms with Gasteiger partial charge < -0.3 is 5.32 Å². The van der Waals surface area contributed by atoms with Gasteiger partial charge in [-0.1, -0.05) is 11.6 Å². The van der Waals surface area contributed by atoms with Crippen LogP contribution in [0.25, 0.3) is 0 Å². The van der Waals surface area contributed by atoms with Gasteiger partial charge in [0.25, 0.3) is 0 Å². The Morgan fingerprint density at radius 1 is 1.50 bits per heavy atom. The Balaban J connectivity index is 2.07. The molecule has 2 nitrogen and oxygen atoms in total. The van der Waals surface area contributed by atoms with Gasteiger partial charge in [0.05, 0.1) is 12.2 Å². The average molecular weight is 322 g/mol. The van der Waals surface area contributed by atoms with Crippen LogP contribution in [0.5, 0.6) is 0 Å². The molecule has 2 aromatic rings. The van der Waals surface area contributed by atoms with Crippen LogP contribution in [0.4, 0.5) is 10.1 Å². The van der Waals surface area contributed by atoms with Crippen molar-refractivity contribution in [3.63, 3.8) is 0 Å². The molecule has 1 aromatic carbocycles. The van der Waals surface area contributed by atoms with Crippen LogP contribution < -0.4 is 5.32 Å². The standard InChI is InChI=1S/C10H7BrClFN2S/c11-8-2-1-6(13)3-9(8)14-4-7-5-15-10(12)16-7/h1-3,5,14H,4H2. The van der Waals surface area contributed by atoms with E-state index in [2.05, 4.69) is 26.2 Å². The van der Waals surface area contributed by atoms with Gasteiger partial charge in [-0.3, -0.25) is 0 Å². The summed E-state index contributed by atoms with van der Waals surface area (Å²) in [5.41, 5.74) is 0.713. The van der Waals surface area contributed by atoms with Crippen molar-refractivity contribution in [2.75, 3.05) is 5.32 Å². The summed E-state index contributed by atoms with van der Waals surface area (Å²) >= 11 is 10.5. The maximum Gasteiger partial charge on any atom is 0.183 e. The smallest absolute Gasteiger partial charge is 0.183 e. The van der Waals surface area contributed by atoms with Crippen molar-refractivity contribution in [1.29, 1.82) is 0 Å². The average Bonchev–Trinajstić information content (AvgIpc) is 2.66. The van der Waals surface area contributed by atoms with E-state index in [9.17, 15) is 4.39 Å². The molecular weight excluding hydrogens is 315 g/mol. The summed E-state index contributed by atoms with van der Waals surface area (Å²) in [5, 5.41) is 3.11. The molecule has 1 N–H and O–H groups in total. The fourth-order valence-electron chi connectivity index (χ4n) is 1.18. The summed E-state index contributed by atoms with van der Waals surface area (Å²) < 4.78 is 14.3. The topological polar surface area (TPSA) is 24.9 Å². The lowest BCUT2D eigenvalue weighted by atomic mass is 10.3. The van der Waals surface area contributed by atoms with E-state index in [1.54, 1.807) is 12.3 Å². The largest absolute Gasteiger partial charge is 0.379 e. The maximum atomic E-state index is 13.0. The molecule has 0 bridgehead atoms. The highest BCUT2D eigenvalue weighted by molar-refractivity contribution is 9.10. The second-order valence-corrected chi connectivity index (χ2v) is 5.61. The normalized spacial score (nSPS) is 10.4. The first-order valence-corrected chi connectivity index (χ1v) is 6.43. The van der Waals surface area contributed by atoms with Crippen LogP contribution in [0.2, 0.25) is 4.47 Å². The SMILES string of the molecule is Fc1ccc(Br)c(NCc2cnc(Cl)s2)c1. The fraction of sp³-hybridized carbons (Fsp3) is 0.100. The van der Waals surface area contributed by atoms with Gasteiger partial charge in [0.1, 0.15) is 5.82 Å². The van der Waals surface area contributed by atoms with Gasteiger partial charge in [-0.15, -0.1) is 11.3 Å². The Morgan fingerprint density at radius 2 is 2.31 bits per heavy atom. The van der Waals surface area contributed by atoms with Gasteiger partial charge in [-0.2, -0.15) is 0 Å². The van der Waals surface area contributed by atoms with Crippen molar-refractivity contribution in [1.82, 2.24) is 4.98 Å². The first kappa shape index (κ1) is 11.8. The third kappa shape index (κ3) is 2.93. The van der Waals surface area contributed by atoms with E-state index in [1.807, 2.05) is 0 Å². The molecule has 0 fully saturated rings. The minimum atomic E-state index is -0.270. The number of nitrogens with zero attached hydrogens (tertiary/aromatic N) is 1. The molecule has 0 unspecified atom stereocenters. The molecule has 1 heterocycles. The van der Waals surface area contributed by atoms with Crippen molar-refractivity contribution in [2.24, 2.45) is 0 Å². The molecule has 6 heteroatoms. The Hall–Kier alpha value is -0.650. The number of rotatable bonds is 3. The van der Waals surface area contributed by atoms with Crippen molar-refractivity contribution in [3.8, 4) is 0 Å². The first-order valence-electron chi connectivity index (χ1n) is 4.44. The van der Waals surface area contributed by atoms with Crippen LogP contribution in [-0.2, 0) is 6.54 Å². The molecule has 0 saturated heterocycles. The monoisotopic (exact) mass is 320 g/mol. The third-order valence-corrected chi connectivity index (χ3v) is 3.71.